The first-order valence-corrected chi connectivity index (χ1v) is 5.68. The number of carboxylic acid groups (broad SMARTS) is 1. The molecule has 0 aliphatic carbocycles. The zero-order chi connectivity index (χ0) is 14.6. The Labute approximate surface area is 109 Å². The molecule has 7 nitrogen and oxygen atoms in total. The van der Waals surface area contributed by atoms with Crippen molar-refractivity contribution < 1.29 is 19.6 Å². The molecule has 1 amide bonds. The van der Waals surface area contributed by atoms with Crippen LogP contribution in [0.1, 0.15) is 41.0 Å². The smallest absolute Gasteiger partial charge is 0.335 e. The molecule has 7 heteroatoms. The second-order valence-electron chi connectivity index (χ2n) is 4.11. The Morgan fingerprint density at radius 1 is 1.37 bits per heavy atom. The molecule has 0 bridgehead atoms. The summed E-state index contributed by atoms with van der Waals surface area (Å²) in [6.07, 6.45) is 0.701. The number of nitrogens with one attached hydrogen (secondary N) is 1. The lowest BCUT2D eigenvalue weighted by molar-refractivity contribution is -0.384. The Balaban J connectivity index is 3.16. The van der Waals surface area contributed by atoms with Gasteiger partial charge in [0, 0.05) is 23.7 Å². The second-order valence-corrected chi connectivity index (χ2v) is 4.11. The molecule has 0 radical (unpaired) electrons. The van der Waals surface area contributed by atoms with Gasteiger partial charge in [-0.2, -0.15) is 0 Å². The maximum absolute atomic E-state index is 11.8. The van der Waals surface area contributed by atoms with E-state index in [2.05, 4.69) is 5.32 Å². The number of carboxylic acids is 1. The van der Waals surface area contributed by atoms with Crippen LogP contribution in [-0.4, -0.2) is 27.9 Å². The van der Waals surface area contributed by atoms with E-state index in [0.717, 1.165) is 18.2 Å². The molecule has 0 saturated heterocycles. The third kappa shape index (κ3) is 3.77. The van der Waals surface area contributed by atoms with E-state index in [1.165, 1.54) is 0 Å². The van der Waals surface area contributed by atoms with Crippen LogP contribution in [0.25, 0.3) is 0 Å². The van der Waals surface area contributed by atoms with Crippen LogP contribution in [-0.2, 0) is 0 Å². The van der Waals surface area contributed by atoms with Gasteiger partial charge in [0.2, 0.25) is 0 Å². The number of nitro groups is 1. The van der Waals surface area contributed by atoms with Gasteiger partial charge in [0.25, 0.3) is 11.6 Å². The van der Waals surface area contributed by atoms with Crippen molar-refractivity contribution in [3.63, 3.8) is 0 Å². The van der Waals surface area contributed by atoms with Gasteiger partial charge in [-0.3, -0.25) is 14.9 Å². The van der Waals surface area contributed by atoms with Gasteiger partial charge in [-0.25, -0.2) is 4.79 Å². The SMILES string of the molecule is CCC(C)NC(=O)c1cc(C(=O)O)cc([N+](=O)[O-])c1. The first-order chi connectivity index (χ1) is 8.85. The zero-order valence-electron chi connectivity index (χ0n) is 10.5. The van der Waals surface area contributed by atoms with Crippen molar-refractivity contribution in [2.75, 3.05) is 0 Å². The second kappa shape index (κ2) is 5.94. The predicted molar refractivity (Wildman–Crippen MR) is 67.3 cm³/mol. The zero-order valence-corrected chi connectivity index (χ0v) is 10.5. The third-order valence-electron chi connectivity index (χ3n) is 2.63. The van der Waals surface area contributed by atoms with E-state index in [1.807, 2.05) is 6.92 Å². The van der Waals surface area contributed by atoms with Crippen molar-refractivity contribution >= 4 is 17.6 Å². The summed E-state index contributed by atoms with van der Waals surface area (Å²) in [6.45, 7) is 3.66. The number of amides is 1. The van der Waals surface area contributed by atoms with Crippen LogP contribution in [0.2, 0.25) is 0 Å². The molecular weight excluding hydrogens is 252 g/mol. The van der Waals surface area contributed by atoms with Gasteiger partial charge in [0.05, 0.1) is 10.5 Å². The van der Waals surface area contributed by atoms with Gasteiger partial charge in [-0.15, -0.1) is 0 Å². The summed E-state index contributed by atoms with van der Waals surface area (Å²) in [5, 5.41) is 22.2. The molecule has 0 saturated carbocycles. The molecule has 0 aliphatic rings. The summed E-state index contributed by atoms with van der Waals surface area (Å²) in [5.74, 6) is -1.85. The van der Waals surface area contributed by atoms with Gasteiger partial charge < -0.3 is 10.4 Å². The molecule has 19 heavy (non-hydrogen) atoms. The van der Waals surface area contributed by atoms with E-state index < -0.39 is 22.5 Å². The fraction of sp³-hybridized carbons (Fsp3) is 0.333. The number of carbonyl (C=O) groups is 2. The van der Waals surface area contributed by atoms with E-state index in [1.54, 1.807) is 6.92 Å². The first-order valence-electron chi connectivity index (χ1n) is 5.68. The van der Waals surface area contributed by atoms with Crippen LogP contribution < -0.4 is 5.32 Å². The lowest BCUT2D eigenvalue weighted by atomic mass is 10.1. The molecule has 0 heterocycles. The summed E-state index contributed by atoms with van der Waals surface area (Å²) in [6, 6.07) is 3.00. The van der Waals surface area contributed by atoms with Crippen LogP contribution in [0, 0.1) is 10.1 Å². The van der Waals surface area contributed by atoms with Gasteiger partial charge in [-0.05, 0) is 19.4 Å². The van der Waals surface area contributed by atoms with Crippen molar-refractivity contribution in [1.82, 2.24) is 5.32 Å². The normalized spacial score (nSPS) is 11.7. The maximum atomic E-state index is 11.8. The van der Waals surface area contributed by atoms with Gasteiger partial charge in [-0.1, -0.05) is 6.92 Å². The maximum Gasteiger partial charge on any atom is 0.335 e. The fourth-order valence-electron chi connectivity index (χ4n) is 1.38. The molecule has 1 aromatic carbocycles. The van der Waals surface area contributed by atoms with E-state index in [0.29, 0.717) is 6.42 Å². The highest BCUT2D eigenvalue weighted by Gasteiger charge is 2.18. The summed E-state index contributed by atoms with van der Waals surface area (Å²) in [7, 11) is 0. The van der Waals surface area contributed by atoms with Crippen LogP contribution in [0.3, 0.4) is 0 Å². The van der Waals surface area contributed by atoms with Crippen LogP contribution in [0.15, 0.2) is 18.2 Å². The lowest BCUT2D eigenvalue weighted by Crippen LogP contribution is -2.32. The Morgan fingerprint density at radius 3 is 2.42 bits per heavy atom. The van der Waals surface area contributed by atoms with E-state index in [4.69, 9.17) is 5.11 Å². The Hall–Kier alpha value is -2.44. The summed E-state index contributed by atoms with van der Waals surface area (Å²) in [5.41, 5.74) is -0.746. The third-order valence-corrected chi connectivity index (χ3v) is 2.63. The molecule has 1 unspecified atom stereocenters. The molecule has 0 aliphatic heterocycles. The molecular formula is C12H14N2O5. The summed E-state index contributed by atoms with van der Waals surface area (Å²) >= 11 is 0. The Kier molecular flexibility index (Phi) is 4.57. The standard InChI is InChI=1S/C12H14N2O5/c1-3-7(2)13-11(15)8-4-9(12(16)17)6-10(5-8)14(18)19/h4-7H,3H2,1-2H3,(H,13,15)(H,16,17). The molecule has 1 atom stereocenters. The van der Waals surface area contributed by atoms with Crippen molar-refractivity contribution in [3.05, 3.63) is 39.4 Å². The van der Waals surface area contributed by atoms with Crippen molar-refractivity contribution in [2.45, 2.75) is 26.3 Å². The summed E-state index contributed by atoms with van der Waals surface area (Å²) in [4.78, 5) is 32.7. The summed E-state index contributed by atoms with van der Waals surface area (Å²) < 4.78 is 0. The quantitative estimate of drug-likeness (QED) is 0.624. The van der Waals surface area contributed by atoms with E-state index >= 15 is 0 Å². The average molecular weight is 266 g/mol. The van der Waals surface area contributed by atoms with Crippen LogP contribution in [0.4, 0.5) is 5.69 Å². The van der Waals surface area contributed by atoms with E-state index in [-0.39, 0.29) is 17.2 Å². The van der Waals surface area contributed by atoms with Crippen molar-refractivity contribution in [2.24, 2.45) is 0 Å². The molecule has 0 spiro atoms. The number of non-ortho nitro benzene ring substituents is 1. The largest absolute Gasteiger partial charge is 0.478 e. The van der Waals surface area contributed by atoms with Gasteiger partial charge >= 0.3 is 5.97 Å². The minimum Gasteiger partial charge on any atom is -0.478 e. The highest BCUT2D eigenvalue weighted by Crippen LogP contribution is 2.17. The number of nitro benzene ring substituents is 1. The Bertz CT molecular complexity index is 495. The monoisotopic (exact) mass is 266 g/mol. The van der Waals surface area contributed by atoms with Gasteiger partial charge in [0.1, 0.15) is 0 Å². The topological polar surface area (TPSA) is 110 Å². The molecule has 1 rings (SSSR count). The highest BCUT2D eigenvalue weighted by molar-refractivity contribution is 5.98. The lowest BCUT2D eigenvalue weighted by Gasteiger charge is -2.11. The average Bonchev–Trinajstić information content (AvgIpc) is 2.37. The van der Waals surface area contributed by atoms with Crippen LogP contribution in [0.5, 0.6) is 0 Å². The molecule has 0 aromatic heterocycles. The highest BCUT2D eigenvalue weighted by atomic mass is 16.6. The van der Waals surface area contributed by atoms with E-state index in [9.17, 15) is 19.7 Å². The molecule has 2 N–H and O–H groups in total. The number of hydrogen-bond donors (Lipinski definition) is 2. The van der Waals surface area contributed by atoms with Gasteiger partial charge in [0.15, 0.2) is 0 Å². The fourth-order valence-corrected chi connectivity index (χ4v) is 1.38. The van der Waals surface area contributed by atoms with Crippen molar-refractivity contribution in [3.8, 4) is 0 Å². The predicted octanol–water partition coefficient (Wildman–Crippen LogP) is 1.82. The number of rotatable bonds is 5. The molecule has 102 valence electrons. The minimum absolute atomic E-state index is 0.0353. The minimum atomic E-state index is -1.32. The molecule has 0 fully saturated rings. The Morgan fingerprint density at radius 2 is 1.95 bits per heavy atom. The number of aromatic carboxylic acids is 1. The number of nitrogens with zero attached hydrogens (tertiary/aromatic N) is 1. The number of hydrogen-bond acceptors (Lipinski definition) is 4. The molecule has 1 aromatic rings. The number of benzene rings is 1. The number of carbonyl (C=O) groups excluding carboxylic acids is 1. The van der Waals surface area contributed by atoms with Crippen molar-refractivity contribution in [1.29, 1.82) is 0 Å². The van der Waals surface area contributed by atoms with Crippen LogP contribution >= 0.6 is 0 Å². The first kappa shape index (κ1) is 14.6.